The Hall–Kier alpha value is -6.66. The molecule has 0 radical (unpaired) electrons. The van der Waals surface area contributed by atoms with E-state index in [1.165, 1.54) is 55.0 Å². The number of anilines is 3. The second-order valence-corrected chi connectivity index (χ2v) is 24.0. The molecule has 24 nitrogen and oxygen atoms in total. The normalized spacial score (nSPS) is 14.2. The molecular formula is C42H48ClN11O13S4. The lowest BCUT2D eigenvalue weighted by Gasteiger charge is -2.42. The summed E-state index contributed by atoms with van der Waals surface area (Å²) in [5.41, 5.74) is 9.36. The molecule has 0 saturated heterocycles. The van der Waals surface area contributed by atoms with Crippen molar-refractivity contribution in [1.29, 1.82) is 0 Å². The zero-order valence-corrected chi connectivity index (χ0v) is 41.3. The minimum Gasteiger partial charge on any atom is -0.399 e. The third kappa shape index (κ3) is 17.6. The van der Waals surface area contributed by atoms with Crippen molar-refractivity contribution in [3.8, 4) is 0 Å². The molecule has 3 heterocycles. The molecule has 0 unspecified atom stereocenters. The van der Waals surface area contributed by atoms with Crippen molar-refractivity contribution in [3.63, 3.8) is 0 Å². The third-order valence-corrected chi connectivity index (χ3v) is 13.6. The zero-order valence-electron chi connectivity index (χ0n) is 37.3. The molecule has 0 atom stereocenters. The van der Waals surface area contributed by atoms with Crippen LogP contribution in [0.1, 0.15) is 64.8 Å². The third-order valence-electron chi connectivity index (χ3n) is 10.4. The van der Waals surface area contributed by atoms with E-state index in [0.29, 0.717) is 51.8 Å². The van der Waals surface area contributed by atoms with Crippen LogP contribution in [0.5, 0.6) is 0 Å². The van der Waals surface area contributed by atoms with Gasteiger partial charge in [-0.25, -0.2) is 54.1 Å². The van der Waals surface area contributed by atoms with Gasteiger partial charge in [0.2, 0.25) is 45.1 Å². The molecule has 10 N–H and O–H groups in total. The average molecular weight is 1080 g/mol. The predicted octanol–water partition coefficient (Wildman–Crippen LogP) is 4.47. The number of amides is 1. The molecule has 1 aliphatic carbocycles. The Bertz CT molecular complexity index is 3320. The molecule has 0 bridgehead atoms. The van der Waals surface area contributed by atoms with Gasteiger partial charge in [-0.3, -0.25) is 25.0 Å². The first-order valence-corrected chi connectivity index (χ1v) is 28.5. The number of carbonyl (C=O) groups excluding carboxylic acids is 1. The molecule has 2 aromatic heterocycles. The molecule has 1 fully saturated rings. The number of hydrogen-bond donors (Lipinski definition) is 6. The number of aromatic nitrogens is 3. The van der Waals surface area contributed by atoms with Crippen molar-refractivity contribution in [2.45, 2.75) is 60.7 Å². The fraction of sp³-hybridized carbons (Fsp3) is 0.262. The summed E-state index contributed by atoms with van der Waals surface area (Å²) in [4.78, 5) is 41.2. The van der Waals surface area contributed by atoms with Crippen LogP contribution in [-0.4, -0.2) is 70.5 Å². The van der Waals surface area contributed by atoms with Crippen LogP contribution in [-0.2, 0) is 67.7 Å². The number of nitrogens with two attached hydrogens (primary N) is 4. The van der Waals surface area contributed by atoms with E-state index in [0.717, 1.165) is 36.7 Å². The summed E-state index contributed by atoms with van der Waals surface area (Å²) in [6.45, 7) is 0.616. The summed E-state index contributed by atoms with van der Waals surface area (Å²) in [7, 11) is -9.38. The summed E-state index contributed by atoms with van der Waals surface area (Å²) < 4.78 is 88.9. The van der Waals surface area contributed by atoms with Crippen LogP contribution in [0.4, 0.5) is 28.7 Å². The highest BCUT2D eigenvalue weighted by Crippen LogP contribution is 2.40. The highest BCUT2D eigenvalue weighted by atomic mass is 35.7. The molecule has 29 heteroatoms. The van der Waals surface area contributed by atoms with Gasteiger partial charge >= 0.3 is 0 Å². The van der Waals surface area contributed by atoms with Gasteiger partial charge in [-0.15, -0.1) is 0 Å². The van der Waals surface area contributed by atoms with Crippen LogP contribution in [0, 0.1) is 20.2 Å². The number of nitro groups is 2. The van der Waals surface area contributed by atoms with Gasteiger partial charge in [-0.1, -0.05) is 67.8 Å². The van der Waals surface area contributed by atoms with E-state index in [9.17, 15) is 58.7 Å². The molecule has 8 rings (SSSR count). The van der Waals surface area contributed by atoms with Crippen LogP contribution in [0.25, 0.3) is 11.0 Å². The number of sulfonamides is 3. The Morgan fingerprint density at radius 3 is 1.65 bits per heavy atom. The molecule has 71 heavy (non-hydrogen) atoms. The molecule has 4 aromatic carbocycles. The van der Waals surface area contributed by atoms with Gasteiger partial charge < -0.3 is 20.9 Å². The number of nitro benzene ring substituents is 2. The summed E-state index contributed by atoms with van der Waals surface area (Å²) in [6.07, 6.45) is 7.19. The van der Waals surface area contributed by atoms with Crippen LogP contribution in [0.3, 0.4) is 0 Å². The van der Waals surface area contributed by atoms with Gasteiger partial charge in [0.05, 0.1) is 38.4 Å². The van der Waals surface area contributed by atoms with Gasteiger partial charge in [0.1, 0.15) is 11.3 Å². The Balaban J connectivity index is 0.000000196. The topological polar surface area (TPSA) is 399 Å². The van der Waals surface area contributed by atoms with Crippen molar-refractivity contribution >= 4 is 95.4 Å². The van der Waals surface area contributed by atoms with E-state index < -0.39 is 60.5 Å². The Kier molecular flexibility index (Phi) is 17.9. The van der Waals surface area contributed by atoms with Gasteiger partial charge in [0, 0.05) is 64.5 Å². The number of nitrogens with zero attached hydrogens (tertiary/aromatic N) is 5. The molecule has 380 valence electrons. The van der Waals surface area contributed by atoms with Crippen molar-refractivity contribution in [1.82, 2.24) is 19.9 Å². The second-order valence-electron chi connectivity index (χ2n) is 16.3. The van der Waals surface area contributed by atoms with Gasteiger partial charge in [-0.05, 0) is 65.4 Å². The maximum Gasteiger partial charge on any atom is 0.269 e. The molecule has 1 saturated carbocycles. The maximum atomic E-state index is 12.6. The first-order chi connectivity index (χ1) is 33.1. The monoisotopic (exact) mass is 1080 g/mol. The highest BCUT2D eigenvalue weighted by Gasteiger charge is 2.41. The number of benzene rings is 4. The molecule has 1 spiro atoms. The van der Waals surface area contributed by atoms with E-state index in [2.05, 4.69) is 20.2 Å². The average Bonchev–Trinajstić information content (AvgIpc) is 3.65. The Morgan fingerprint density at radius 1 is 0.676 bits per heavy atom. The standard InChI is InChI=1S/C21H24N6O3S.C7H6ClNO4S.C7H8N2O4S.C7H10N2O2S/c22-31(29,30)12-14-5-4-6-16(9-14)25-20-23-11-15-10-17-19(28)24-13-21(7-2-1-3-8-21)27(17)18(15)26-20;2*8-14(12,13)5-6-2-1-3-7(4-6)9(10)11;8-7-3-1-2-6(4-7)5-12(9,10)11/h4-6,9-11H,1-3,7-8,12-13H2,(H,24,28)(H2,22,29,30)(H,23,25,26);1-4H,5H2;1-4H,5H2,(H2,8,12,13);1-4H,5,8H2,(H2,9,10,11). The van der Waals surface area contributed by atoms with Gasteiger partial charge in [0.15, 0.2) is 0 Å². The number of nitrogen functional groups attached to an aromatic ring is 1. The van der Waals surface area contributed by atoms with Crippen LogP contribution in [0.2, 0.25) is 0 Å². The fourth-order valence-corrected chi connectivity index (χ4v) is 10.6. The number of rotatable bonds is 12. The summed E-state index contributed by atoms with van der Waals surface area (Å²) in [5.74, 6) is -0.910. The molecule has 1 aliphatic heterocycles. The number of carbonyl (C=O) groups is 1. The number of primary sulfonamides is 3. The zero-order chi connectivity index (χ0) is 52.4. The molecule has 1 amide bonds. The van der Waals surface area contributed by atoms with E-state index in [-0.39, 0.29) is 34.3 Å². The molecule has 6 aromatic rings. The van der Waals surface area contributed by atoms with E-state index in [4.69, 9.17) is 36.8 Å². The second kappa shape index (κ2) is 23.1. The summed E-state index contributed by atoms with van der Waals surface area (Å²) in [6, 6.07) is 26.2. The lowest BCUT2D eigenvalue weighted by molar-refractivity contribution is -0.385. The Labute approximate surface area is 412 Å². The van der Waals surface area contributed by atoms with Crippen molar-refractivity contribution in [2.24, 2.45) is 15.4 Å². The lowest BCUT2D eigenvalue weighted by Crippen LogP contribution is -2.52. The largest absolute Gasteiger partial charge is 0.399 e. The number of nitrogens with one attached hydrogen (secondary N) is 2. The smallest absolute Gasteiger partial charge is 0.269 e. The SMILES string of the molecule is NS(=O)(=O)Cc1cccc(Nc2ncc3cc4n(c3n2)C2(CCCCC2)CNC4=O)c1.NS(=O)(=O)Cc1cccc([N+](=O)[O-])c1.Nc1cccc(CS(N)(=O)=O)c1.O=[N+]([O-])c1cccc(CS(=O)(=O)Cl)c1. The Morgan fingerprint density at radius 2 is 1.15 bits per heavy atom. The van der Waals surface area contributed by atoms with Crippen molar-refractivity contribution in [2.75, 3.05) is 17.6 Å². The van der Waals surface area contributed by atoms with Gasteiger partial charge in [-0.2, -0.15) is 4.98 Å². The number of hydrogen-bond acceptors (Lipinski definition) is 17. The number of non-ortho nitro benzene ring substituents is 2. The van der Waals surface area contributed by atoms with E-state index in [1.54, 1.807) is 48.7 Å². The maximum absolute atomic E-state index is 12.6. The van der Waals surface area contributed by atoms with Crippen LogP contribution >= 0.6 is 10.7 Å². The quantitative estimate of drug-likeness (QED) is 0.0426. The fourth-order valence-electron chi connectivity index (χ4n) is 7.69. The first-order valence-electron chi connectivity index (χ1n) is 20.8. The van der Waals surface area contributed by atoms with Crippen LogP contribution < -0.4 is 31.8 Å². The lowest BCUT2D eigenvalue weighted by atomic mass is 9.80. The van der Waals surface area contributed by atoms with Crippen molar-refractivity contribution in [3.05, 3.63) is 158 Å². The van der Waals surface area contributed by atoms with Crippen molar-refractivity contribution < 1.29 is 48.3 Å². The highest BCUT2D eigenvalue weighted by molar-refractivity contribution is 8.13. The van der Waals surface area contributed by atoms with E-state index >= 15 is 0 Å². The molecular weight excluding hydrogens is 1030 g/mol. The predicted molar refractivity (Wildman–Crippen MR) is 267 cm³/mol. The van der Waals surface area contributed by atoms with E-state index in [1.807, 2.05) is 12.1 Å². The number of halogens is 1. The summed E-state index contributed by atoms with van der Waals surface area (Å²) in [5, 5.41) is 42.5. The first kappa shape index (κ1) is 55.3. The minimum absolute atomic E-state index is 0.0839. The van der Waals surface area contributed by atoms with Crippen LogP contribution in [0.15, 0.2) is 109 Å². The summed E-state index contributed by atoms with van der Waals surface area (Å²) >= 11 is 0. The van der Waals surface area contributed by atoms with Gasteiger partial charge in [0.25, 0.3) is 17.3 Å². The number of fused-ring (bicyclic) bond motifs is 4. The molecule has 2 aliphatic rings. The minimum atomic E-state index is -3.67.